The molecule has 2 fully saturated rings. The van der Waals surface area contributed by atoms with Crippen LogP contribution >= 0.6 is 0 Å². The minimum atomic E-state index is -0.717. The van der Waals surface area contributed by atoms with Gasteiger partial charge in [-0.15, -0.1) is 0 Å². The van der Waals surface area contributed by atoms with Crippen molar-refractivity contribution in [3.63, 3.8) is 0 Å². The second kappa shape index (κ2) is 3.57. The molecule has 1 aliphatic carbocycles. The Morgan fingerprint density at radius 3 is 2.31 bits per heavy atom. The number of carbonyl (C=O) groups excluding carboxylic acids is 3. The Bertz CT molecular complexity index is 364. The van der Waals surface area contributed by atoms with E-state index in [0.717, 1.165) is 6.42 Å². The maximum Gasteiger partial charge on any atom is 0.331 e. The molecule has 1 saturated heterocycles. The van der Waals surface area contributed by atoms with Crippen molar-refractivity contribution in [3.05, 3.63) is 0 Å². The Kier molecular flexibility index (Phi) is 2.48. The van der Waals surface area contributed by atoms with Crippen LogP contribution in [-0.4, -0.2) is 28.8 Å². The van der Waals surface area contributed by atoms with Crippen molar-refractivity contribution in [2.24, 2.45) is 17.8 Å². The molecule has 1 heterocycles. The van der Waals surface area contributed by atoms with Gasteiger partial charge in [0.25, 0.3) is 0 Å². The quantitative estimate of drug-likeness (QED) is 0.704. The first-order valence-corrected chi connectivity index (χ1v) is 5.61. The lowest BCUT2D eigenvalue weighted by Crippen LogP contribution is -2.60. The highest BCUT2D eigenvalue weighted by Crippen LogP contribution is 2.37. The smallest absolute Gasteiger partial charge is 0.277 e. The van der Waals surface area contributed by atoms with Gasteiger partial charge in [-0.2, -0.15) is 0 Å². The monoisotopic (exact) mass is 224 g/mol. The third-order valence-corrected chi connectivity index (χ3v) is 3.30. The minimum Gasteiger partial charge on any atom is -0.277 e. The number of urea groups is 1. The van der Waals surface area contributed by atoms with Crippen molar-refractivity contribution in [1.29, 1.82) is 0 Å². The average molecular weight is 224 g/mol. The first-order chi connectivity index (χ1) is 7.43. The molecule has 16 heavy (non-hydrogen) atoms. The third kappa shape index (κ3) is 1.60. The van der Waals surface area contributed by atoms with E-state index >= 15 is 0 Å². The molecule has 0 aromatic heterocycles. The Morgan fingerprint density at radius 2 is 1.88 bits per heavy atom. The fraction of sp³-hybridized carbons (Fsp3) is 0.727. The van der Waals surface area contributed by atoms with Crippen molar-refractivity contribution in [3.8, 4) is 0 Å². The van der Waals surface area contributed by atoms with Gasteiger partial charge in [0, 0.05) is 6.04 Å². The summed E-state index contributed by atoms with van der Waals surface area (Å²) < 4.78 is 0. The normalized spacial score (nSPS) is 34.4. The predicted molar refractivity (Wildman–Crippen MR) is 56.3 cm³/mol. The zero-order chi connectivity index (χ0) is 12.0. The number of hydrogen-bond donors (Lipinski definition) is 1. The van der Waals surface area contributed by atoms with Gasteiger partial charge >= 0.3 is 6.03 Å². The van der Waals surface area contributed by atoms with Crippen molar-refractivity contribution in [1.82, 2.24) is 10.2 Å². The second-order valence-electron chi connectivity index (χ2n) is 5.00. The molecule has 0 aromatic rings. The molecule has 0 spiro atoms. The maximum absolute atomic E-state index is 12.1. The number of barbiturate groups is 1. The molecule has 3 unspecified atom stereocenters. The van der Waals surface area contributed by atoms with Gasteiger partial charge in [-0.25, -0.2) is 4.79 Å². The van der Waals surface area contributed by atoms with Crippen molar-refractivity contribution < 1.29 is 14.4 Å². The van der Waals surface area contributed by atoms with Gasteiger partial charge in [-0.3, -0.25) is 19.8 Å². The molecule has 5 heteroatoms. The van der Waals surface area contributed by atoms with Gasteiger partial charge < -0.3 is 0 Å². The van der Waals surface area contributed by atoms with Crippen LogP contribution in [0.15, 0.2) is 0 Å². The van der Waals surface area contributed by atoms with E-state index in [4.69, 9.17) is 0 Å². The van der Waals surface area contributed by atoms with Crippen LogP contribution in [-0.2, 0) is 9.59 Å². The molecular formula is C11H16N2O3. The van der Waals surface area contributed by atoms with E-state index in [9.17, 15) is 14.4 Å². The Hall–Kier alpha value is -1.39. The SMILES string of the molecule is CC(C)C1C(=O)NC(=O)N(C2CC2C)C1=O. The highest BCUT2D eigenvalue weighted by molar-refractivity contribution is 6.16. The molecule has 4 amide bonds. The van der Waals surface area contributed by atoms with E-state index in [-0.39, 0.29) is 17.9 Å². The molecule has 2 aliphatic rings. The summed E-state index contributed by atoms with van der Waals surface area (Å²) in [6.07, 6.45) is 0.845. The molecule has 1 N–H and O–H groups in total. The lowest BCUT2D eigenvalue weighted by Gasteiger charge is -2.32. The highest BCUT2D eigenvalue weighted by Gasteiger charge is 2.50. The van der Waals surface area contributed by atoms with Crippen LogP contribution in [0.1, 0.15) is 27.2 Å². The molecular weight excluding hydrogens is 208 g/mol. The lowest BCUT2D eigenvalue weighted by molar-refractivity contribution is -0.144. The number of nitrogens with zero attached hydrogens (tertiary/aromatic N) is 1. The molecule has 3 atom stereocenters. The fourth-order valence-electron chi connectivity index (χ4n) is 2.17. The van der Waals surface area contributed by atoms with Crippen LogP contribution in [0, 0.1) is 17.8 Å². The molecule has 88 valence electrons. The summed E-state index contributed by atoms with van der Waals surface area (Å²) >= 11 is 0. The number of hydrogen-bond acceptors (Lipinski definition) is 3. The second-order valence-corrected chi connectivity index (χ2v) is 5.00. The lowest BCUT2D eigenvalue weighted by atomic mass is 9.92. The highest BCUT2D eigenvalue weighted by atomic mass is 16.2. The number of carbonyl (C=O) groups is 3. The minimum absolute atomic E-state index is 0.0122. The van der Waals surface area contributed by atoms with Gasteiger partial charge in [-0.1, -0.05) is 20.8 Å². The predicted octanol–water partition coefficient (Wildman–Crippen LogP) is 0.745. The van der Waals surface area contributed by atoms with Crippen LogP contribution in [0.25, 0.3) is 0 Å². The van der Waals surface area contributed by atoms with E-state index in [0.29, 0.717) is 5.92 Å². The standard InChI is InChI=1S/C11H16N2O3/c1-5(2)8-9(14)12-11(16)13(10(8)15)7-4-6(7)3/h5-8H,4H2,1-3H3,(H,12,14,16). The zero-order valence-corrected chi connectivity index (χ0v) is 9.69. The van der Waals surface area contributed by atoms with Crippen molar-refractivity contribution in [2.75, 3.05) is 0 Å². The molecule has 1 aliphatic heterocycles. The van der Waals surface area contributed by atoms with Gasteiger partial charge in [0.2, 0.25) is 11.8 Å². The van der Waals surface area contributed by atoms with E-state index in [1.54, 1.807) is 0 Å². The number of imide groups is 2. The Balaban J connectivity index is 2.23. The molecule has 0 aromatic carbocycles. The van der Waals surface area contributed by atoms with Crippen LogP contribution in [0.5, 0.6) is 0 Å². The summed E-state index contributed by atoms with van der Waals surface area (Å²) in [5.74, 6) is -1.24. The first kappa shape index (κ1) is 11.1. The molecule has 0 radical (unpaired) electrons. The summed E-state index contributed by atoms with van der Waals surface area (Å²) in [5, 5.41) is 2.26. The zero-order valence-electron chi connectivity index (χ0n) is 9.69. The maximum atomic E-state index is 12.1. The summed E-state index contributed by atoms with van der Waals surface area (Å²) in [6.45, 7) is 5.62. The van der Waals surface area contributed by atoms with Gasteiger partial charge in [-0.05, 0) is 18.3 Å². The van der Waals surface area contributed by atoms with Gasteiger partial charge in [0.15, 0.2) is 0 Å². The van der Waals surface area contributed by atoms with Crippen molar-refractivity contribution in [2.45, 2.75) is 33.2 Å². The average Bonchev–Trinajstić information content (AvgIpc) is 2.80. The number of nitrogens with one attached hydrogen (secondary N) is 1. The molecule has 5 nitrogen and oxygen atoms in total. The third-order valence-electron chi connectivity index (χ3n) is 3.30. The van der Waals surface area contributed by atoms with E-state index in [1.165, 1.54) is 4.90 Å². The van der Waals surface area contributed by atoms with E-state index < -0.39 is 17.9 Å². The van der Waals surface area contributed by atoms with Crippen LogP contribution < -0.4 is 5.32 Å². The first-order valence-electron chi connectivity index (χ1n) is 5.61. The summed E-state index contributed by atoms with van der Waals surface area (Å²) in [6, 6.07) is -0.567. The summed E-state index contributed by atoms with van der Waals surface area (Å²) in [5.41, 5.74) is 0. The van der Waals surface area contributed by atoms with Gasteiger partial charge in [0.1, 0.15) is 5.92 Å². The molecule has 2 rings (SSSR count). The summed E-state index contributed by atoms with van der Waals surface area (Å²) in [7, 11) is 0. The van der Waals surface area contributed by atoms with E-state index in [2.05, 4.69) is 5.32 Å². The van der Waals surface area contributed by atoms with E-state index in [1.807, 2.05) is 20.8 Å². The Morgan fingerprint density at radius 1 is 1.31 bits per heavy atom. The molecule has 1 saturated carbocycles. The summed E-state index contributed by atoms with van der Waals surface area (Å²) in [4.78, 5) is 36.4. The van der Waals surface area contributed by atoms with Gasteiger partial charge in [0.05, 0.1) is 0 Å². The number of rotatable bonds is 2. The Labute approximate surface area is 94.2 Å². The van der Waals surface area contributed by atoms with Crippen LogP contribution in [0.4, 0.5) is 4.79 Å². The van der Waals surface area contributed by atoms with Crippen LogP contribution in [0.3, 0.4) is 0 Å². The topological polar surface area (TPSA) is 66.5 Å². The fourth-order valence-corrected chi connectivity index (χ4v) is 2.17. The van der Waals surface area contributed by atoms with Crippen LogP contribution in [0.2, 0.25) is 0 Å². The number of amides is 4. The van der Waals surface area contributed by atoms with Crippen molar-refractivity contribution >= 4 is 17.8 Å². The largest absolute Gasteiger partial charge is 0.331 e. The molecule has 0 bridgehead atoms.